The van der Waals surface area contributed by atoms with Gasteiger partial charge in [0.2, 0.25) is 0 Å². The molecule has 1 saturated heterocycles. The number of hydrogen-bond donors (Lipinski definition) is 1. The molecule has 2 heterocycles. The van der Waals surface area contributed by atoms with E-state index in [0.717, 1.165) is 38.4 Å². The molecule has 0 bridgehead atoms. The van der Waals surface area contributed by atoms with Crippen molar-refractivity contribution in [1.29, 1.82) is 0 Å². The first-order valence-corrected chi connectivity index (χ1v) is 7.15. The van der Waals surface area contributed by atoms with Crippen LogP contribution >= 0.6 is 0 Å². The SMILES string of the molecule is CC(C)(C)OC(=O)N1CCC(CNCc2ccco2)C1. The van der Waals surface area contributed by atoms with Crippen LogP contribution < -0.4 is 5.32 Å². The standard InChI is InChI=1S/C15H24N2O3/c1-15(2,3)20-14(18)17-7-6-12(11-17)9-16-10-13-5-4-8-19-13/h4-5,8,12,16H,6-7,9-11H2,1-3H3. The normalized spacial score (nSPS) is 19.4. The summed E-state index contributed by atoms with van der Waals surface area (Å²) in [4.78, 5) is 13.7. The van der Waals surface area contributed by atoms with Crippen LogP contribution in [0.3, 0.4) is 0 Å². The van der Waals surface area contributed by atoms with Gasteiger partial charge in [-0.15, -0.1) is 0 Å². The van der Waals surface area contributed by atoms with Crippen LogP contribution in [0.5, 0.6) is 0 Å². The Morgan fingerprint density at radius 2 is 2.35 bits per heavy atom. The fraction of sp³-hybridized carbons (Fsp3) is 0.667. The molecule has 5 heteroatoms. The molecule has 0 aliphatic carbocycles. The van der Waals surface area contributed by atoms with Gasteiger partial charge in [0.25, 0.3) is 0 Å². The summed E-state index contributed by atoms with van der Waals surface area (Å²) < 4.78 is 10.7. The molecule has 1 fully saturated rings. The first-order valence-electron chi connectivity index (χ1n) is 7.15. The summed E-state index contributed by atoms with van der Waals surface area (Å²) in [5, 5.41) is 3.36. The highest BCUT2D eigenvalue weighted by molar-refractivity contribution is 5.68. The predicted octanol–water partition coefficient (Wildman–Crippen LogP) is 2.63. The van der Waals surface area contributed by atoms with Crippen LogP contribution in [0.1, 0.15) is 33.0 Å². The molecule has 0 saturated carbocycles. The number of hydrogen-bond acceptors (Lipinski definition) is 4. The highest BCUT2D eigenvalue weighted by Gasteiger charge is 2.29. The number of likely N-dealkylation sites (tertiary alicyclic amines) is 1. The maximum absolute atomic E-state index is 11.9. The Kier molecular flexibility index (Phi) is 4.70. The van der Waals surface area contributed by atoms with Crippen molar-refractivity contribution in [2.24, 2.45) is 5.92 Å². The Hall–Kier alpha value is -1.49. The van der Waals surface area contributed by atoms with Gasteiger partial charge in [-0.25, -0.2) is 4.79 Å². The van der Waals surface area contributed by atoms with Gasteiger partial charge in [0, 0.05) is 19.6 Å². The van der Waals surface area contributed by atoms with Gasteiger partial charge in [-0.05, 0) is 45.2 Å². The topological polar surface area (TPSA) is 54.7 Å². The van der Waals surface area contributed by atoms with E-state index < -0.39 is 5.60 Å². The fourth-order valence-electron chi connectivity index (χ4n) is 2.30. The number of carbonyl (C=O) groups is 1. The smallest absolute Gasteiger partial charge is 0.410 e. The zero-order valence-corrected chi connectivity index (χ0v) is 12.5. The van der Waals surface area contributed by atoms with E-state index >= 15 is 0 Å². The third-order valence-corrected chi connectivity index (χ3v) is 3.25. The molecule has 1 amide bonds. The fourth-order valence-corrected chi connectivity index (χ4v) is 2.30. The van der Waals surface area contributed by atoms with Crippen molar-refractivity contribution < 1.29 is 13.9 Å². The molecule has 20 heavy (non-hydrogen) atoms. The molecule has 0 spiro atoms. The molecule has 0 radical (unpaired) electrons. The van der Waals surface area contributed by atoms with Crippen molar-refractivity contribution >= 4 is 6.09 Å². The average Bonchev–Trinajstić information content (AvgIpc) is 2.97. The number of carbonyl (C=O) groups excluding carboxylic acids is 1. The monoisotopic (exact) mass is 280 g/mol. The number of nitrogens with one attached hydrogen (secondary N) is 1. The van der Waals surface area contributed by atoms with Crippen LogP contribution in [0.15, 0.2) is 22.8 Å². The summed E-state index contributed by atoms with van der Waals surface area (Å²) in [7, 11) is 0. The molecule has 0 aromatic carbocycles. The average molecular weight is 280 g/mol. The van der Waals surface area contributed by atoms with E-state index in [4.69, 9.17) is 9.15 Å². The molecule has 1 atom stereocenters. The second-order valence-corrected chi connectivity index (χ2v) is 6.29. The first kappa shape index (κ1) is 14.9. The third-order valence-electron chi connectivity index (χ3n) is 3.25. The lowest BCUT2D eigenvalue weighted by Crippen LogP contribution is -2.36. The molecule has 2 rings (SSSR count). The molecule has 1 aromatic heterocycles. The van der Waals surface area contributed by atoms with Gasteiger partial charge in [-0.2, -0.15) is 0 Å². The minimum atomic E-state index is -0.424. The van der Waals surface area contributed by atoms with Crippen molar-refractivity contribution in [3.05, 3.63) is 24.2 Å². The largest absolute Gasteiger partial charge is 0.468 e. The van der Waals surface area contributed by atoms with E-state index in [2.05, 4.69) is 5.32 Å². The molecular weight excluding hydrogens is 256 g/mol. The number of nitrogens with zero attached hydrogens (tertiary/aromatic N) is 1. The summed E-state index contributed by atoms with van der Waals surface area (Å²) >= 11 is 0. The Balaban J connectivity index is 1.68. The summed E-state index contributed by atoms with van der Waals surface area (Å²) in [5.74, 6) is 1.42. The second kappa shape index (κ2) is 6.31. The van der Waals surface area contributed by atoms with Gasteiger partial charge in [0.05, 0.1) is 12.8 Å². The van der Waals surface area contributed by atoms with Crippen LogP contribution in [0.25, 0.3) is 0 Å². The van der Waals surface area contributed by atoms with E-state index in [-0.39, 0.29) is 6.09 Å². The highest BCUT2D eigenvalue weighted by Crippen LogP contribution is 2.19. The number of rotatable bonds is 4. The first-order chi connectivity index (χ1) is 9.44. The van der Waals surface area contributed by atoms with Gasteiger partial charge in [-0.3, -0.25) is 0 Å². The predicted molar refractivity (Wildman–Crippen MR) is 76.3 cm³/mol. The van der Waals surface area contributed by atoms with Gasteiger partial charge in [-0.1, -0.05) is 0 Å². The van der Waals surface area contributed by atoms with Crippen molar-refractivity contribution in [2.75, 3.05) is 19.6 Å². The van der Waals surface area contributed by atoms with Crippen molar-refractivity contribution in [2.45, 2.75) is 39.3 Å². The zero-order valence-electron chi connectivity index (χ0n) is 12.5. The molecule has 5 nitrogen and oxygen atoms in total. The molecule has 1 unspecified atom stereocenters. The number of furan rings is 1. The number of amides is 1. The molecule has 1 N–H and O–H groups in total. The maximum atomic E-state index is 11.9. The molecular formula is C15H24N2O3. The van der Waals surface area contributed by atoms with E-state index in [0.29, 0.717) is 5.92 Å². The highest BCUT2D eigenvalue weighted by atomic mass is 16.6. The van der Waals surface area contributed by atoms with Gasteiger partial charge < -0.3 is 19.4 Å². The minimum absolute atomic E-state index is 0.203. The molecule has 1 aliphatic rings. The van der Waals surface area contributed by atoms with E-state index in [9.17, 15) is 4.79 Å². The van der Waals surface area contributed by atoms with Crippen LogP contribution in [-0.2, 0) is 11.3 Å². The summed E-state index contributed by atoms with van der Waals surface area (Å²) in [6.45, 7) is 8.84. The summed E-state index contributed by atoms with van der Waals surface area (Å²) in [6.07, 6.45) is 2.49. The lowest BCUT2D eigenvalue weighted by Gasteiger charge is -2.24. The second-order valence-electron chi connectivity index (χ2n) is 6.29. The van der Waals surface area contributed by atoms with Crippen LogP contribution in [0.2, 0.25) is 0 Å². The van der Waals surface area contributed by atoms with E-state index in [1.165, 1.54) is 0 Å². The maximum Gasteiger partial charge on any atom is 0.410 e. The Morgan fingerprint density at radius 1 is 1.55 bits per heavy atom. The van der Waals surface area contributed by atoms with Crippen LogP contribution in [-0.4, -0.2) is 36.2 Å². The summed E-state index contributed by atoms with van der Waals surface area (Å²) in [6, 6.07) is 3.84. The van der Waals surface area contributed by atoms with E-state index in [1.54, 1.807) is 11.2 Å². The van der Waals surface area contributed by atoms with Crippen molar-refractivity contribution in [3.8, 4) is 0 Å². The quantitative estimate of drug-likeness (QED) is 0.921. The van der Waals surface area contributed by atoms with Gasteiger partial charge in [0.15, 0.2) is 0 Å². The molecule has 1 aliphatic heterocycles. The number of ether oxygens (including phenoxy) is 1. The summed E-state index contributed by atoms with van der Waals surface area (Å²) in [5.41, 5.74) is -0.424. The van der Waals surface area contributed by atoms with E-state index in [1.807, 2.05) is 32.9 Å². The third kappa shape index (κ3) is 4.56. The minimum Gasteiger partial charge on any atom is -0.468 e. The van der Waals surface area contributed by atoms with Gasteiger partial charge in [0.1, 0.15) is 11.4 Å². The van der Waals surface area contributed by atoms with Crippen molar-refractivity contribution in [1.82, 2.24) is 10.2 Å². The Morgan fingerprint density at radius 3 is 3.00 bits per heavy atom. The van der Waals surface area contributed by atoms with Gasteiger partial charge >= 0.3 is 6.09 Å². The zero-order chi connectivity index (χ0) is 14.6. The molecule has 112 valence electrons. The lowest BCUT2D eigenvalue weighted by molar-refractivity contribution is 0.0288. The van der Waals surface area contributed by atoms with Crippen LogP contribution in [0, 0.1) is 5.92 Å². The Bertz CT molecular complexity index is 423. The Labute approximate surface area is 120 Å². The van der Waals surface area contributed by atoms with Crippen molar-refractivity contribution in [3.63, 3.8) is 0 Å². The van der Waals surface area contributed by atoms with Crippen LogP contribution in [0.4, 0.5) is 4.79 Å². The molecule has 1 aromatic rings. The lowest BCUT2D eigenvalue weighted by atomic mass is 10.1.